The fourth-order valence-corrected chi connectivity index (χ4v) is 5.38. The summed E-state index contributed by atoms with van der Waals surface area (Å²) >= 11 is 0. The molecule has 0 bridgehead atoms. The smallest absolute Gasteiger partial charge is 0.264 e. The van der Waals surface area contributed by atoms with E-state index in [1.54, 1.807) is 35.2 Å². The summed E-state index contributed by atoms with van der Waals surface area (Å²) in [6.07, 6.45) is 0. The van der Waals surface area contributed by atoms with E-state index in [4.69, 9.17) is 0 Å². The van der Waals surface area contributed by atoms with Crippen molar-refractivity contribution < 1.29 is 13.2 Å². The van der Waals surface area contributed by atoms with Gasteiger partial charge in [0.25, 0.3) is 10.0 Å². The third kappa shape index (κ3) is 6.89. The highest BCUT2D eigenvalue weighted by Gasteiger charge is 2.29. The normalized spacial score (nSPS) is 11.8. The summed E-state index contributed by atoms with van der Waals surface area (Å²) in [5.41, 5.74) is 3.82. The van der Waals surface area contributed by atoms with E-state index in [1.165, 1.54) is 4.31 Å². The first-order valence-electron chi connectivity index (χ1n) is 12.4. The Morgan fingerprint density at radius 1 is 0.919 bits per heavy atom. The number of likely N-dealkylation sites (N-methyl/N-ethyl adjacent to an activating group) is 1. The molecule has 37 heavy (non-hydrogen) atoms. The number of carbonyl (C=O) groups is 1. The molecule has 2 aromatic carbocycles. The minimum Gasteiger partial charge on any atom is -0.378 e. The van der Waals surface area contributed by atoms with Crippen molar-refractivity contribution in [1.29, 1.82) is 0 Å². The highest BCUT2D eigenvalue weighted by molar-refractivity contribution is 7.92. The fourth-order valence-electron chi connectivity index (χ4n) is 3.98. The Kier molecular flexibility index (Phi) is 8.64. The monoisotopic (exact) mass is 522 g/mol. The summed E-state index contributed by atoms with van der Waals surface area (Å²) < 4.78 is 29.1. The number of aromatic nitrogens is 1. The summed E-state index contributed by atoms with van der Waals surface area (Å²) in [6.45, 7) is 10.4. The molecule has 0 aliphatic heterocycles. The van der Waals surface area contributed by atoms with Gasteiger partial charge in [0.1, 0.15) is 6.54 Å². The molecule has 8 heteroatoms. The van der Waals surface area contributed by atoms with Gasteiger partial charge in [-0.3, -0.25) is 14.1 Å². The van der Waals surface area contributed by atoms with E-state index in [-0.39, 0.29) is 22.8 Å². The Labute approximate surface area is 221 Å². The van der Waals surface area contributed by atoms with E-state index in [9.17, 15) is 13.2 Å². The van der Waals surface area contributed by atoms with Crippen LogP contribution in [0.2, 0.25) is 0 Å². The molecule has 0 fully saturated rings. The Balaban J connectivity index is 2.00. The van der Waals surface area contributed by atoms with E-state index in [0.29, 0.717) is 18.8 Å². The maximum atomic E-state index is 14.0. The SMILES string of the molecule is CCN(Cc1cccc(C)n1)C(=O)CN(c1cccc(N(C)C)c1)S(=O)(=O)c1ccc(C(C)(C)C)cc1. The molecule has 0 saturated carbocycles. The van der Waals surface area contributed by atoms with Crippen molar-refractivity contribution in [3.8, 4) is 0 Å². The molecule has 3 rings (SSSR count). The van der Waals surface area contributed by atoms with E-state index in [0.717, 1.165) is 22.6 Å². The highest BCUT2D eigenvalue weighted by Crippen LogP contribution is 2.29. The van der Waals surface area contributed by atoms with Gasteiger partial charge in [0.05, 0.1) is 22.8 Å². The molecule has 1 heterocycles. The van der Waals surface area contributed by atoms with Gasteiger partial charge in [-0.1, -0.05) is 45.0 Å². The van der Waals surface area contributed by atoms with Crippen LogP contribution in [0.25, 0.3) is 0 Å². The minimum absolute atomic E-state index is 0.108. The Hall–Kier alpha value is -3.39. The molecule has 0 aliphatic carbocycles. The third-order valence-electron chi connectivity index (χ3n) is 6.25. The predicted molar refractivity (Wildman–Crippen MR) is 151 cm³/mol. The molecule has 0 aliphatic rings. The van der Waals surface area contributed by atoms with E-state index in [1.807, 2.05) is 69.2 Å². The molecule has 0 radical (unpaired) electrons. The van der Waals surface area contributed by atoms with Gasteiger partial charge in [0, 0.05) is 32.0 Å². The van der Waals surface area contributed by atoms with E-state index < -0.39 is 10.0 Å². The van der Waals surface area contributed by atoms with Crippen LogP contribution in [-0.4, -0.2) is 51.4 Å². The van der Waals surface area contributed by atoms with Crippen LogP contribution in [0.1, 0.15) is 44.6 Å². The van der Waals surface area contributed by atoms with Crippen molar-refractivity contribution in [3.05, 3.63) is 83.7 Å². The molecule has 0 saturated heterocycles. The Morgan fingerprint density at radius 2 is 1.54 bits per heavy atom. The van der Waals surface area contributed by atoms with E-state index in [2.05, 4.69) is 25.8 Å². The number of hydrogen-bond donors (Lipinski definition) is 0. The first-order valence-corrected chi connectivity index (χ1v) is 13.9. The number of sulfonamides is 1. The van der Waals surface area contributed by atoms with Crippen LogP contribution in [0.3, 0.4) is 0 Å². The number of nitrogens with zero attached hydrogens (tertiary/aromatic N) is 4. The number of benzene rings is 2. The maximum Gasteiger partial charge on any atom is 0.264 e. The van der Waals surface area contributed by atoms with Crippen molar-refractivity contribution in [3.63, 3.8) is 0 Å². The largest absolute Gasteiger partial charge is 0.378 e. The molecule has 0 spiro atoms. The van der Waals surface area contributed by atoms with Crippen LogP contribution in [-0.2, 0) is 26.8 Å². The number of amides is 1. The molecular weight excluding hydrogens is 484 g/mol. The summed E-state index contributed by atoms with van der Waals surface area (Å²) in [7, 11) is -0.242. The van der Waals surface area contributed by atoms with Crippen molar-refractivity contribution in [1.82, 2.24) is 9.88 Å². The second-order valence-corrected chi connectivity index (χ2v) is 12.2. The van der Waals surface area contributed by atoms with Gasteiger partial charge in [-0.2, -0.15) is 0 Å². The lowest BCUT2D eigenvalue weighted by molar-refractivity contribution is -0.130. The van der Waals surface area contributed by atoms with Gasteiger partial charge in [-0.25, -0.2) is 8.42 Å². The number of hydrogen-bond acceptors (Lipinski definition) is 5. The van der Waals surface area contributed by atoms with E-state index >= 15 is 0 Å². The maximum absolute atomic E-state index is 14.0. The van der Waals surface area contributed by atoms with Crippen LogP contribution in [0, 0.1) is 6.92 Å². The summed E-state index contributed by atoms with van der Waals surface area (Å²) in [5, 5.41) is 0. The topological polar surface area (TPSA) is 73.8 Å². The molecule has 0 atom stereocenters. The number of anilines is 2. The first kappa shape index (κ1) is 28.2. The Morgan fingerprint density at radius 3 is 2.11 bits per heavy atom. The van der Waals surface area contributed by atoms with Crippen LogP contribution >= 0.6 is 0 Å². The van der Waals surface area contributed by atoms with Crippen LogP contribution in [0.5, 0.6) is 0 Å². The lowest BCUT2D eigenvalue weighted by Gasteiger charge is -2.29. The average Bonchev–Trinajstić information content (AvgIpc) is 2.85. The number of pyridine rings is 1. The first-order chi connectivity index (χ1) is 17.3. The van der Waals surface area contributed by atoms with Gasteiger partial charge >= 0.3 is 0 Å². The molecule has 3 aromatic rings. The minimum atomic E-state index is -4.02. The van der Waals surface area contributed by atoms with Crippen molar-refractivity contribution in [2.45, 2.75) is 51.5 Å². The molecule has 0 unspecified atom stereocenters. The number of aryl methyl sites for hydroxylation is 1. The molecule has 198 valence electrons. The van der Waals surface area contributed by atoms with Crippen LogP contribution in [0.4, 0.5) is 11.4 Å². The fraction of sp³-hybridized carbons (Fsp3) is 0.379. The molecule has 1 aromatic heterocycles. The molecule has 7 nitrogen and oxygen atoms in total. The van der Waals surface area contributed by atoms with Gasteiger partial charge in [-0.15, -0.1) is 0 Å². The molecule has 1 amide bonds. The van der Waals surface area contributed by atoms with Crippen molar-refractivity contribution >= 4 is 27.3 Å². The summed E-state index contributed by atoms with van der Waals surface area (Å²) in [4.78, 5) is 21.7. The summed E-state index contributed by atoms with van der Waals surface area (Å²) in [6, 6.07) is 19.8. The molecule has 0 N–H and O–H groups in total. The zero-order chi connectivity index (χ0) is 27.4. The zero-order valence-electron chi connectivity index (χ0n) is 22.9. The number of carbonyl (C=O) groups excluding carboxylic acids is 1. The van der Waals surface area contributed by atoms with Crippen LogP contribution in [0.15, 0.2) is 71.6 Å². The average molecular weight is 523 g/mol. The highest BCUT2D eigenvalue weighted by atomic mass is 32.2. The van der Waals surface area contributed by atoms with Crippen LogP contribution < -0.4 is 9.21 Å². The van der Waals surface area contributed by atoms with Gasteiger partial charge in [-0.05, 0) is 67.3 Å². The predicted octanol–water partition coefficient (Wildman–Crippen LogP) is 5.00. The standard InChI is InChI=1S/C29H38N4O3S/c1-8-32(20-24-12-9-11-22(2)30-24)28(34)21-33(26-14-10-13-25(19-26)31(6)7)37(35,36)27-17-15-23(16-18-27)29(3,4)5/h9-19H,8,20-21H2,1-7H3. The molecular formula is C29H38N4O3S. The lowest BCUT2D eigenvalue weighted by atomic mass is 9.87. The van der Waals surface area contributed by atoms with Gasteiger partial charge in [0.2, 0.25) is 5.91 Å². The van der Waals surface area contributed by atoms with Gasteiger partial charge in [0.15, 0.2) is 0 Å². The second-order valence-electron chi connectivity index (χ2n) is 10.4. The van der Waals surface area contributed by atoms with Crippen molar-refractivity contribution in [2.75, 3.05) is 36.4 Å². The Bertz CT molecular complexity index is 1330. The summed E-state index contributed by atoms with van der Waals surface area (Å²) in [5.74, 6) is -0.295. The second kappa shape index (κ2) is 11.3. The zero-order valence-corrected chi connectivity index (χ0v) is 23.7. The van der Waals surface area contributed by atoms with Gasteiger partial charge < -0.3 is 9.80 Å². The lowest BCUT2D eigenvalue weighted by Crippen LogP contribution is -2.43. The quantitative estimate of drug-likeness (QED) is 0.396. The van der Waals surface area contributed by atoms with Crippen molar-refractivity contribution in [2.24, 2.45) is 0 Å². The third-order valence-corrected chi connectivity index (χ3v) is 8.04. The number of rotatable bonds is 9.